The Kier molecular flexibility index (Phi) is 4.17. The van der Waals surface area contributed by atoms with Gasteiger partial charge in [0.1, 0.15) is 0 Å². The Hall–Kier alpha value is -1.49. The van der Waals surface area contributed by atoms with Crippen molar-refractivity contribution in [3.8, 4) is 0 Å². The van der Waals surface area contributed by atoms with Gasteiger partial charge in [-0.25, -0.2) is 0 Å². The number of carbonyl (C=O) groups is 1. The predicted molar refractivity (Wildman–Crippen MR) is 71.4 cm³/mol. The van der Waals surface area contributed by atoms with E-state index in [4.69, 9.17) is 18.0 Å². The molecule has 0 radical (unpaired) electrons. The standard InChI is InChI=1S/C12H17N3OS/c1-8-5-4-6-9(15-8)7-14-11(16)12(2,3)10(13)17/h4-6H,7H2,1-3H3,(H2,13,17)(H,14,16). The molecular weight excluding hydrogens is 234 g/mol. The van der Waals surface area contributed by atoms with Crippen molar-refractivity contribution in [1.82, 2.24) is 10.3 Å². The van der Waals surface area contributed by atoms with Gasteiger partial charge in [-0.15, -0.1) is 0 Å². The summed E-state index contributed by atoms with van der Waals surface area (Å²) in [5, 5.41) is 2.78. The average Bonchev–Trinajstić information content (AvgIpc) is 2.25. The number of carbonyl (C=O) groups excluding carboxylic acids is 1. The van der Waals surface area contributed by atoms with Gasteiger partial charge in [0.25, 0.3) is 0 Å². The number of aryl methyl sites for hydroxylation is 1. The Morgan fingerprint density at radius 2 is 2.18 bits per heavy atom. The van der Waals surface area contributed by atoms with Crippen molar-refractivity contribution < 1.29 is 4.79 Å². The first-order chi connectivity index (χ1) is 7.84. The minimum absolute atomic E-state index is 0.187. The number of hydrogen-bond acceptors (Lipinski definition) is 3. The summed E-state index contributed by atoms with van der Waals surface area (Å²) in [5.41, 5.74) is 6.42. The van der Waals surface area contributed by atoms with E-state index in [-0.39, 0.29) is 10.9 Å². The molecule has 5 heteroatoms. The fourth-order valence-corrected chi connectivity index (χ4v) is 1.29. The Morgan fingerprint density at radius 1 is 1.53 bits per heavy atom. The maximum atomic E-state index is 11.9. The number of nitrogens with one attached hydrogen (secondary N) is 1. The van der Waals surface area contributed by atoms with Crippen LogP contribution in [0.25, 0.3) is 0 Å². The number of nitrogens with zero attached hydrogens (tertiary/aromatic N) is 1. The van der Waals surface area contributed by atoms with Gasteiger partial charge in [0.05, 0.1) is 22.6 Å². The molecular formula is C12H17N3OS. The molecule has 1 aromatic rings. The van der Waals surface area contributed by atoms with Gasteiger partial charge in [0, 0.05) is 5.69 Å². The molecule has 1 amide bonds. The summed E-state index contributed by atoms with van der Waals surface area (Å²) in [4.78, 5) is 16.3. The van der Waals surface area contributed by atoms with Crippen LogP contribution >= 0.6 is 12.2 Å². The van der Waals surface area contributed by atoms with Crippen LogP contribution < -0.4 is 11.1 Å². The second-order valence-electron chi connectivity index (χ2n) is 4.44. The summed E-state index contributed by atoms with van der Waals surface area (Å²) in [6, 6.07) is 5.67. The van der Waals surface area contributed by atoms with Gasteiger partial charge >= 0.3 is 0 Å². The Bertz CT molecular complexity index is 443. The number of hydrogen-bond donors (Lipinski definition) is 2. The highest BCUT2D eigenvalue weighted by molar-refractivity contribution is 7.80. The molecule has 0 spiro atoms. The van der Waals surface area contributed by atoms with Crippen molar-refractivity contribution in [3.05, 3.63) is 29.6 Å². The van der Waals surface area contributed by atoms with Gasteiger partial charge in [0.2, 0.25) is 5.91 Å². The Morgan fingerprint density at radius 3 is 2.71 bits per heavy atom. The molecule has 0 fully saturated rings. The zero-order valence-corrected chi connectivity index (χ0v) is 11.1. The molecule has 0 atom stereocenters. The predicted octanol–water partition coefficient (Wildman–Crippen LogP) is 1.32. The van der Waals surface area contributed by atoms with Crippen LogP contribution in [0.3, 0.4) is 0 Å². The highest BCUT2D eigenvalue weighted by Crippen LogP contribution is 2.15. The fraction of sp³-hybridized carbons (Fsp3) is 0.417. The van der Waals surface area contributed by atoms with Crippen LogP contribution in [0.5, 0.6) is 0 Å². The number of amides is 1. The third-order valence-electron chi connectivity index (χ3n) is 2.56. The molecule has 1 heterocycles. The van der Waals surface area contributed by atoms with Crippen molar-refractivity contribution in [3.63, 3.8) is 0 Å². The molecule has 0 aliphatic heterocycles. The van der Waals surface area contributed by atoms with E-state index in [2.05, 4.69) is 10.3 Å². The van der Waals surface area contributed by atoms with Crippen LogP contribution in [0.2, 0.25) is 0 Å². The molecule has 3 N–H and O–H groups in total. The van der Waals surface area contributed by atoms with Crippen LogP contribution in [0.1, 0.15) is 25.2 Å². The lowest BCUT2D eigenvalue weighted by Crippen LogP contribution is -2.44. The van der Waals surface area contributed by atoms with Gasteiger partial charge in [-0.2, -0.15) is 0 Å². The first-order valence-corrected chi connectivity index (χ1v) is 5.75. The van der Waals surface area contributed by atoms with E-state index in [9.17, 15) is 4.79 Å². The Balaban J connectivity index is 2.63. The largest absolute Gasteiger partial charge is 0.392 e. The molecule has 17 heavy (non-hydrogen) atoms. The van der Waals surface area contributed by atoms with Crippen LogP contribution in [0, 0.1) is 12.3 Å². The molecule has 0 saturated carbocycles. The minimum atomic E-state index is -0.834. The van der Waals surface area contributed by atoms with Gasteiger partial charge in [-0.1, -0.05) is 18.3 Å². The van der Waals surface area contributed by atoms with Crippen LogP contribution in [-0.2, 0) is 11.3 Å². The summed E-state index contributed by atoms with van der Waals surface area (Å²) in [6.07, 6.45) is 0. The highest BCUT2D eigenvalue weighted by Gasteiger charge is 2.30. The molecule has 4 nitrogen and oxygen atoms in total. The summed E-state index contributed by atoms with van der Waals surface area (Å²) in [6.45, 7) is 5.69. The maximum absolute atomic E-state index is 11.9. The van der Waals surface area contributed by atoms with Crippen molar-refractivity contribution >= 4 is 23.1 Å². The second kappa shape index (κ2) is 5.23. The van der Waals surface area contributed by atoms with E-state index in [1.807, 2.05) is 25.1 Å². The zero-order chi connectivity index (χ0) is 13.1. The molecule has 1 rings (SSSR count). The third-order valence-corrected chi connectivity index (χ3v) is 3.07. The smallest absolute Gasteiger partial charge is 0.232 e. The molecule has 0 bridgehead atoms. The monoisotopic (exact) mass is 251 g/mol. The van der Waals surface area contributed by atoms with Crippen LogP contribution in [-0.4, -0.2) is 15.9 Å². The lowest BCUT2D eigenvalue weighted by molar-refractivity contribution is -0.126. The molecule has 0 aliphatic carbocycles. The quantitative estimate of drug-likeness (QED) is 0.792. The van der Waals surface area contributed by atoms with Gasteiger partial charge in [0.15, 0.2) is 0 Å². The van der Waals surface area contributed by atoms with Gasteiger partial charge in [-0.3, -0.25) is 9.78 Å². The molecule has 0 saturated heterocycles. The van der Waals surface area contributed by atoms with E-state index in [1.54, 1.807) is 13.8 Å². The number of nitrogens with two attached hydrogens (primary N) is 1. The summed E-state index contributed by atoms with van der Waals surface area (Å²) < 4.78 is 0. The van der Waals surface area contributed by atoms with E-state index in [0.29, 0.717) is 6.54 Å². The number of rotatable bonds is 4. The summed E-state index contributed by atoms with van der Waals surface area (Å²) in [7, 11) is 0. The van der Waals surface area contributed by atoms with Crippen molar-refractivity contribution in [2.24, 2.45) is 11.1 Å². The first-order valence-electron chi connectivity index (χ1n) is 5.35. The van der Waals surface area contributed by atoms with Crippen molar-refractivity contribution in [2.45, 2.75) is 27.3 Å². The third kappa shape index (κ3) is 3.49. The molecule has 92 valence electrons. The van der Waals surface area contributed by atoms with Gasteiger partial charge < -0.3 is 11.1 Å². The van der Waals surface area contributed by atoms with Crippen LogP contribution in [0.4, 0.5) is 0 Å². The molecule has 0 aliphatic rings. The fourth-order valence-electron chi connectivity index (χ4n) is 1.20. The number of thiocarbonyl (C=S) groups is 1. The SMILES string of the molecule is Cc1cccc(CNC(=O)C(C)(C)C(N)=S)n1. The topological polar surface area (TPSA) is 68.0 Å². The maximum Gasteiger partial charge on any atom is 0.232 e. The van der Waals surface area contributed by atoms with Crippen LogP contribution in [0.15, 0.2) is 18.2 Å². The number of pyridine rings is 1. The Labute approximate surface area is 107 Å². The van der Waals surface area contributed by atoms with E-state index >= 15 is 0 Å². The van der Waals surface area contributed by atoms with E-state index in [0.717, 1.165) is 11.4 Å². The summed E-state index contributed by atoms with van der Waals surface area (Å²) in [5.74, 6) is -0.187. The normalized spacial score (nSPS) is 11.0. The molecule has 0 aromatic carbocycles. The lowest BCUT2D eigenvalue weighted by Gasteiger charge is -2.21. The molecule has 0 unspecified atom stereocenters. The first kappa shape index (κ1) is 13.6. The van der Waals surface area contributed by atoms with Crippen molar-refractivity contribution in [2.75, 3.05) is 0 Å². The van der Waals surface area contributed by atoms with Gasteiger partial charge in [-0.05, 0) is 32.9 Å². The highest BCUT2D eigenvalue weighted by atomic mass is 32.1. The second-order valence-corrected chi connectivity index (χ2v) is 4.88. The van der Waals surface area contributed by atoms with Crippen molar-refractivity contribution in [1.29, 1.82) is 0 Å². The molecule has 1 aromatic heterocycles. The lowest BCUT2D eigenvalue weighted by atomic mass is 9.92. The number of aromatic nitrogens is 1. The summed E-state index contributed by atoms with van der Waals surface area (Å²) >= 11 is 4.86. The zero-order valence-electron chi connectivity index (χ0n) is 10.3. The average molecular weight is 251 g/mol. The minimum Gasteiger partial charge on any atom is -0.392 e. The van der Waals surface area contributed by atoms with E-state index in [1.165, 1.54) is 0 Å². The van der Waals surface area contributed by atoms with E-state index < -0.39 is 5.41 Å².